The van der Waals surface area contributed by atoms with Gasteiger partial charge in [0, 0.05) is 18.1 Å². The molecule has 1 aliphatic heterocycles. The maximum absolute atomic E-state index is 2.31. The molecule has 1 nitrogen and oxygen atoms in total. The molecule has 1 aromatic rings. The van der Waals surface area contributed by atoms with Crippen molar-refractivity contribution in [2.24, 2.45) is 0 Å². The van der Waals surface area contributed by atoms with Crippen LogP contribution in [0.1, 0.15) is 18.9 Å². The highest BCUT2D eigenvalue weighted by atomic mass is 15.0. The summed E-state index contributed by atoms with van der Waals surface area (Å²) in [5, 5.41) is 0. The van der Waals surface area contributed by atoms with Crippen LogP contribution in [0.2, 0.25) is 0 Å². The molecule has 1 heteroatoms. The first-order chi connectivity index (χ1) is 5.83. The van der Waals surface area contributed by atoms with E-state index in [0.717, 1.165) is 12.8 Å². The Bertz CT molecular complexity index is 337. The van der Waals surface area contributed by atoms with Gasteiger partial charge >= 0.3 is 0 Å². The smallest absolute Gasteiger partial charge is 0.202 e. The normalized spacial score (nSPS) is 15.2. The summed E-state index contributed by atoms with van der Waals surface area (Å²) in [5.74, 6) is 0. The minimum absolute atomic E-state index is 1.14. The second kappa shape index (κ2) is 2.74. The summed E-state index contributed by atoms with van der Waals surface area (Å²) in [5.41, 5.74) is 4.38. The van der Waals surface area contributed by atoms with E-state index in [1.54, 1.807) is 0 Å². The van der Waals surface area contributed by atoms with Crippen LogP contribution in [0, 0.1) is 0 Å². The molecular weight excluding hydrogens is 146 g/mol. The second-order valence-corrected chi connectivity index (χ2v) is 3.28. The van der Waals surface area contributed by atoms with Gasteiger partial charge in [-0.3, -0.25) is 0 Å². The van der Waals surface area contributed by atoms with Gasteiger partial charge < -0.3 is 0 Å². The molecule has 1 heterocycles. The fourth-order valence-electron chi connectivity index (χ4n) is 1.86. The van der Waals surface area contributed by atoms with Crippen molar-refractivity contribution in [3.63, 3.8) is 0 Å². The highest BCUT2D eigenvalue weighted by Crippen LogP contribution is 2.25. The summed E-state index contributed by atoms with van der Waals surface area (Å²) in [6.07, 6.45) is 2.30. The van der Waals surface area contributed by atoms with Crippen LogP contribution in [0.5, 0.6) is 0 Å². The third kappa shape index (κ3) is 0.970. The van der Waals surface area contributed by atoms with Crippen molar-refractivity contribution in [2.45, 2.75) is 19.8 Å². The van der Waals surface area contributed by atoms with Crippen LogP contribution >= 0.6 is 0 Å². The fourth-order valence-corrected chi connectivity index (χ4v) is 1.86. The third-order valence-corrected chi connectivity index (χ3v) is 2.63. The molecule has 0 spiro atoms. The van der Waals surface area contributed by atoms with Crippen LogP contribution in [0.3, 0.4) is 0 Å². The topological polar surface area (TPSA) is 3.01 Å². The molecule has 1 aliphatic rings. The van der Waals surface area contributed by atoms with Gasteiger partial charge in [0.25, 0.3) is 0 Å². The molecule has 0 amide bonds. The fraction of sp³-hybridized carbons (Fsp3) is 0.364. The summed E-state index contributed by atoms with van der Waals surface area (Å²) in [6, 6.07) is 8.63. The van der Waals surface area contributed by atoms with Gasteiger partial charge in [-0.05, 0) is 0 Å². The van der Waals surface area contributed by atoms with Crippen molar-refractivity contribution >= 4 is 11.4 Å². The first-order valence-corrected chi connectivity index (χ1v) is 4.49. The predicted molar refractivity (Wildman–Crippen MR) is 51.3 cm³/mol. The average molecular weight is 160 g/mol. The zero-order valence-electron chi connectivity index (χ0n) is 7.67. The molecule has 0 atom stereocenters. The monoisotopic (exact) mass is 160 g/mol. The van der Waals surface area contributed by atoms with Gasteiger partial charge in [-0.25, -0.2) is 4.58 Å². The Kier molecular flexibility index (Phi) is 1.72. The third-order valence-electron chi connectivity index (χ3n) is 2.63. The molecule has 0 N–H and O–H groups in total. The number of rotatable bonds is 1. The van der Waals surface area contributed by atoms with Gasteiger partial charge in [0.1, 0.15) is 7.05 Å². The summed E-state index contributed by atoms with van der Waals surface area (Å²) >= 11 is 0. The van der Waals surface area contributed by atoms with Crippen LogP contribution in [-0.4, -0.2) is 17.3 Å². The summed E-state index contributed by atoms with van der Waals surface area (Å²) in [7, 11) is 2.16. The number of para-hydroxylation sites is 1. The lowest BCUT2D eigenvalue weighted by Crippen LogP contribution is -2.06. The Morgan fingerprint density at radius 2 is 2.08 bits per heavy atom. The Balaban J connectivity index is 2.50. The van der Waals surface area contributed by atoms with Crippen molar-refractivity contribution in [3.05, 3.63) is 29.8 Å². The molecule has 0 aromatic heterocycles. The van der Waals surface area contributed by atoms with E-state index in [2.05, 4.69) is 42.8 Å². The van der Waals surface area contributed by atoms with E-state index in [9.17, 15) is 0 Å². The molecule has 0 radical (unpaired) electrons. The summed E-state index contributed by atoms with van der Waals surface area (Å²) in [4.78, 5) is 0. The zero-order chi connectivity index (χ0) is 8.55. The van der Waals surface area contributed by atoms with Gasteiger partial charge in [0.15, 0.2) is 5.71 Å². The lowest BCUT2D eigenvalue weighted by molar-refractivity contribution is -0.403. The standard InChI is InChI=1S/C11H14N/c1-3-10-8-9-6-4-5-7-11(9)12(10)2/h4-7H,3,8H2,1-2H3/q+1. The number of nitrogens with zero attached hydrogens (tertiary/aromatic N) is 1. The first-order valence-electron chi connectivity index (χ1n) is 4.49. The zero-order valence-corrected chi connectivity index (χ0v) is 7.67. The largest absolute Gasteiger partial charge is 0.208 e. The minimum atomic E-state index is 1.14. The molecule has 0 aliphatic carbocycles. The number of fused-ring (bicyclic) bond motifs is 1. The van der Waals surface area contributed by atoms with Gasteiger partial charge in [0.05, 0.1) is 6.42 Å². The predicted octanol–water partition coefficient (Wildman–Crippen LogP) is 2.37. The molecule has 0 saturated heterocycles. The molecule has 0 unspecified atom stereocenters. The Labute approximate surface area is 73.4 Å². The molecule has 62 valence electrons. The van der Waals surface area contributed by atoms with Gasteiger partial charge in [-0.1, -0.05) is 25.1 Å². The first kappa shape index (κ1) is 7.53. The molecule has 2 rings (SSSR count). The van der Waals surface area contributed by atoms with Gasteiger partial charge in [-0.2, -0.15) is 0 Å². The van der Waals surface area contributed by atoms with E-state index < -0.39 is 0 Å². The Morgan fingerprint density at radius 3 is 2.75 bits per heavy atom. The van der Waals surface area contributed by atoms with E-state index in [1.807, 2.05) is 0 Å². The maximum atomic E-state index is 2.31. The van der Waals surface area contributed by atoms with Crippen molar-refractivity contribution in [2.75, 3.05) is 7.05 Å². The second-order valence-electron chi connectivity index (χ2n) is 3.28. The highest BCUT2D eigenvalue weighted by Gasteiger charge is 2.24. The van der Waals surface area contributed by atoms with Crippen LogP contribution < -0.4 is 0 Å². The van der Waals surface area contributed by atoms with Gasteiger partial charge in [0.2, 0.25) is 5.69 Å². The van der Waals surface area contributed by atoms with Gasteiger partial charge in [-0.15, -0.1) is 0 Å². The molecular formula is C11H14N+. The summed E-state index contributed by atoms with van der Waals surface area (Å²) in [6.45, 7) is 2.22. The summed E-state index contributed by atoms with van der Waals surface area (Å²) < 4.78 is 2.31. The molecule has 1 aromatic carbocycles. The number of hydrogen-bond donors (Lipinski definition) is 0. The van der Waals surface area contributed by atoms with E-state index in [0.29, 0.717) is 0 Å². The van der Waals surface area contributed by atoms with E-state index in [1.165, 1.54) is 17.0 Å². The van der Waals surface area contributed by atoms with Crippen molar-refractivity contribution in [1.29, 1.82) is 0 Å². The molecule has 12 heavy (non-hydrogen) atoms. The SMILES string of the molecule is CCC1=[N+](C)c2ccccc2C1. The van der Waals surface area contributed by atoms with Crippen LogP contribution in [0.15, 0.2) is 24.3 Å². The van der Waals surface area contributed by atoms with E-state index in [-0.39, 0.29) is 0 Å². The Morgan fingerprint density at radius 1 is 1.33 bits per heavy atom. The van der Waals surface area contributed by atoms with E-state index in [4.69, 9.17) is 0 Å². The van der Waals surface area contributed by atoms with E-state index >= 15 is 0 Å². The number of hydrogen-bond acceptors (Lipinski definition) is 0. The number of benzene rings is 1. The van der Waals surface area contributed by atoms with Crippen molar-refractivity contribution < 1.29 is 4.58 Å². The highest BCUT2D eigenvalue weighted by molar-refractivity contribution is 5.86. The molecule has 0 bridgehead atoms. The maximum Gasteiger partial charge on any atom is 0.208 e. The average Bonchev–Trinajstić information content (AvgIpc) is 2.44. The minimum Gasteiger partial charge on any atom is -0.202 e. The molecule has 0 fully saturated rings. The van der Waals surface area contributed by atoms with Crippen molar-refractivity contribution in [1.82, 2.24) is 0 Å². The quantitative estimate of drug-likeness (QED) is 0.555. The molecule has 0 saturated carbocycles. The van der Waals surface area contributed by atoms with Crippen LogP contribution in [0.4, 0.5) is 5.69 Å². The lowest BCUT2D eigenvalue weighted by Gasteiger charge is -1.92. The Hall–Kier alpha value is -1.11. The van der Waals surface area contributed by atoms with Crippen molar-refractivity contribution in [3.8, 4) is 0 Å². The van der Waals surface area contributed by atoms with Crippen LogP contribution in [0.25, 0.3) is 0 Å². The van der Waals surface area contributed by atoms with Crippen LogP contribution in [-0.2, 0) is 6.42 Å². The lowest BCUT2D eigenvalue weighted by atomic mass is 10.1.